The van der Waals surface area contributed by atoms with Crippen molar-refractivity contribution in [2.75, 3.05) is 32.0 Å². The molecule has 0 radical (unpaired) electrons. The number of nitrogens with zero attached hydrogens (tertiary/aromatic N) is 6. The molecule has 6 heterocycles. The molecule has 0 spiro atoms. The highest BCUT2D eigenvalue weighted by atomic mass is 16.5. The second-order valence-corrected chi connectivity index (χ2v) is 9.29. The van der Waals surface area contributed by atoms with Gasteiger partial charge in [0.1, 0.15) is 17.2 Å². The fourth-order valence-electron chi connectivity index (χ4n) is 5.25. The molecule has 4 aromatic rings. The van der Waals surface area contributed by atoms with Crippen molar-refractivity contribution in [3.8, 4) is 0 Å². The summed E-state index contributed by atoms with van der Waals surface area (Å²) in [4.78, 5) is 32.3. The molecular weight excluding hydrogens is 432 g/mol. The monoisotopic (exact) mass is 460 g/mol. The fourth-order valence-corrected chi connectivity index (χ4v) is 5.25. The van der Waals surface area contributed by atoms with Gasteiger partial charge in [0, 0.05) is 50.7 Å². The number of aromatic amines is 1. The molecule has 2 aliphatic heterocycles. The lowest BCUT2D eigenvalue weighted by atomic mass is 9.89. The number of nitrogens with two attached hydrogens (primary N) is 1. The van der Waals surface area contributed by atoms with Crippen molar-refractivity contribution in [1.29, 1.82) is 0 Å². The Morgan fingerprint density at radius 2 is 1.94 bits per heavy atom. The number of rotatable bonds is 3. The molecule has 2 saturated heterocycles. The molecule has 0 saturated carbocycles. The summed E-state index contributed by atoms with van der Waals surface area (Å²) >= 11 is 0. The molecule has 2 fully saturated rings. The molecule has 0 bridgehead atoms. The van der Waals surface area contributed by atoms with E-state index in [4.69, 9.17) is 15.5 Å². The van der Waals surface area contributed by atoms with Gasteiger partial charge in [0.15, 0.2) is 11.3 Å². The van der Waals surface area contributed by atoms with E-state index in [-0.39, 0.29) is 5.91 Å². The number of likely N-dealkylation sites (tertiary alicyclic amines) is 1. The summed E-state index contributed by atoms with van der Waals surface area (Å²) < 4.78 is 7.04. The molecule has 10 heteroatoms. The zero-order valence-electron chi connectivity index (χ0n) is 19.2. The zero-order valence-corrected chi connectivity index (χ0v) is 19.2. The number of aromatic nitrogens is 6. The first-order chi connectivity index (χ1) is 16.6. The van der Waals surface area contributed by atoms with Gasteiger partial charge in [-0.05, 0) is 50.2 Å². The van der Waals surface area contributed by atoms with Gasteiger partial charge < -0.3 is 20.4 Å². The lowest BCUT2D eigenvalue weighted by Gasteiger charge is -2.32. The predicted molar refractivity (Wildman–Crippen MR) is 127 cm³/mol. The molecule has 3 N–H and O–H groups in total. The fraction of sp³-hybridized carbons (Fsp3) is 0.458. The first-order valence-corrected chi connectivity index (χ1v) is 11.9. The Bertz CT molecular complexity index is 1360. The van der Waals surface area contributed by atoms with Crippen molar-refractivity contribution in [2.45, 2.75) is 44.4 Å². The zero-order chi connectivity index (χ0) is 23.2. The smallest absolute Gasteiger partial charge is 0.259 e. The van der Waals surface area contributed by atoms with Gasteiger partial charge in [-0.15, -0.1) is 0 Å². The third-order valence-corrected chi connectivity index (χ3v) is 7.15. The van der Waals surface area contributed by atoms with Crippen molar-refractivity contribution in [2.24, 2.45) is 0 Å². The molecule has 0 aromatic carbocycles. The van der Waals surface area contributed by atoms with Crippen LogP contribution in [0.5, 0.6) is 0 Å². The van der Waals surface area contributed by atoms with Crippen molar-refractivity contribution in [1.82, 2.24) is 34.4 Å². The summed E-state index contributed by atoms with van der Waals surface area (Å²) in [7, 11) is 0. The van der Waals surface area contributed by atoms with E-state index in [0.717, 1.165) is 61.6 Å². The summed E-state index contributed by atoms with van der Waals surface area (Å²) in [5, 5.41) is 4.35. The number of pyridine rings is 1. The molecule has 4 aromatic heterocycles. The summed E-state index contributed by atoms with van der Waals surface area (Å²) in [6, 6.07) is 3.93. The van der Waals surface area contributed by atoms with E-state index in [2.05, 4.69) is 26.1 Å². The number of amides is 1. The maximum absolute atomic E-state index is 13.2. The minimum absolute atomic E-state index is 0.0956. The van der Waals surface area contributed by atoms with Gasteiger partial charge >= 0.3 is 0 Å². The van der Waals surface area contributed by atoms with E-state index in [0.29, 0.717) is 42.0 Å². The maximum Gasteiger partial charge on any atom is 0.259 e. The van der Waals surface area contributed by atoms with Crippen LogP contribution in [-0.4, -0.2) is 66.7 Å². The van der Waals surface area contributed by atoms with Crippen LogP contribution in [0.3, 0.4) is 0 Å². The van der Waals surface area contributed by atoms with Gasteiger partial charge in [-0.2, -0.15) is 9.61 Å². The van der Waals surface area contributed by atoms with Crippen LogP contribution in [0.4, 0.5) is 5.82 Å². The Kier molecular flexibility index (Phi) is 5.17. The lowest BCUT2D eigenvalue weighted by molar-refractivity contribution is 0.0713. The van der Waals surface area contributed by atoms with Gasteiger partial charge in [-0.1, -0.05) is 0 Å². The van der Waals surface area contributed by atoms with Crippen LogP contribution in [0.25, 0.3) is 16.8 Å². The highest BCUT2D eigenvalue weighted by Crippen LogP contribution is 2.34. The van der Waals surface area contributed by atoms with Crippen LogP contribution >= 0.6 is 0 Å². The predicted octanol–water partition coefficient (Wildman–Crippen LogP) is 2.81. The van der Waals surface area contributed by atoms with Gasteiger partial charge in [0.25, 0.3) is 5.91 Å². The standard InChI is InChI=1S/C24H28N8O2/c1-14-12-19-27-13-18(21(25)32(19)30-14)24(33)31-8-3-15(4-9-31)17-2-7-26-23-20(17)28-22(29-23)16-5-10-34-11-6-16/h2,7,12-13,15-16H,3-6,8-11,25H2,1H3,(H,26,28,29). The van der Waals surface area contributed by atoms with Gasteiger partial charge in [0.2, 0.25) is 0 Å². The number of imidazole rings is 1. The number of carbonyl (C=O) groups excluding carboxylic acids is 1. The normalized spacial score (nSPS) is 18.2. The van der Waals surface area contributed by atoms with Gasteiger partial charge in [-0.25, -0.2) is 15.0 Å². The number of carbonyl (C=O) groups is 1. The highest BCUT2D eigenvalue weighted by Gasteiger charge is 2.29. The van der Waals surface area contributed by atoms with E-state index in [1.807, 2.05) is 24.1 Å². The van der Waals surface area contributed by atoms with Crippen LogP contribution in [0.2, 0.25) is 0 Å². The number of H-pyrrole nitrogens is 1. The third kappa shape index (κ3) is 3.58. The largest absolute Gasteiger partial charge is 0.383 e. The molecule has 6 rings (SSSR count). The van der Waals surface area contributed by atoms with E-state index in [1.165, 1.54) is 10.1 Å². The van der Waals surface area contributed by atoms with Gasteiger partial charge in [-0.3, -0.25) is 4.79 Å². The van der Waals surface area contributed by atoms with Crippen molar-refractivity contribution < 1.29 is 9.53 Å². The lowest BCUT2D eigenvalue weighted by Crippen LogP contribution is -2.38. The number of ether oxygens (including phenoxy) is 1. The van der Waals surface area contributed by atoms with Crippen LogP contribution < -0.4 is 5.73 Å². The molecule has 0 unspecified atom stereocenters. The molecule has 176 valence electrons. The number of fused-ring (bicyclic) bond motifs is 2. The third-order valence-electron chi connectivity index (χ3n) is 7.15. The quantitative estimate of drug-likeness (QED) is 0.481. The number of piperidine rings is 1. The SMILES string of the molecule is Cc1cc2ncc(C(=O)N3CCC(c4ccnc5nc(C6CCOCC6)[nH]c45)CC3)c(N)n2n1. The topological polar surface area (TPSA) is 127 Å². The minimum atomic E-state index is -0.0956. The van der Waals surface area contributed by atoms with Crippen LogP contribution in [0.15, 0.2) is 24.5 Å². The highest BCUT2D eigenvalue weighted by molar-refractivity contribution is 5.98. The average Bonchev–Trinajstić information content (AvgIpc) is 3.48. The molecule has 2 aliphatic rings. The van der Waals surface area contributed by atoms with Crippen LogP contribution in [0, 0.1) is 6.92 Å². The Labute approximate surface area is 196 Å². The van der Waals surface area contributed by atoms with Crippen LogP contribution in [0.1, 0.15) is 65.0 Å². The summed E-state index contributed by atoms with van der Waals surface area (Å²) in [5.74, 6) is 1.98. The Morgan fingerprint density at radius 3 is 2.74 bits per heavy atom. The first kappa shape index (κ1) is 21.0. The summed E-state index contributed by atoms with van der Waals surface area (Å²) in [6.45, 7) is 4.75. The Balaban J connectivity index is 1.20. The Hall–Kier alpha value is -3.53. The number of hydrogen-bond acceptors (Lipinski definition) is 7. The molecule has 0 atom stereocenters. The number of aryl methyl sites for hydroxylation is 1. The number of nitrogens with one attached hydrogen (secondary N) is 1. The molecule has 10 nitrogen and oxygen atoms in total. The number of nitrogen functional groups attached to an aromatic ring is 1. The summed E-state index contributed by atoms with van der Waals surface area (Å²) in [5.41, 5.74) is 11.2. The minimum Gasteiger partial charge on any atom is -0.383 e. The molecule has 34 heavy (non-hydrogen) atoms. The molecular formula is C24H28N8O2. The second-order valence-electron chi connectivity index (χ2n) is 9.29. The Morgan fingerprint density at radius 1 is 1.15 bits per heavy atom. The molecule has 1 amide bonds. The van der Waals surface area contributed by atoms with Crippen molar-refractivity contribution in [3.05, 3.63) is 47.2 Å². The van der Waals surface area contributed by atoms with Crippen LogP contribution in [-0.2, 0) is 4.74 Å². The molecule has 0 aliphatic carbocycles. The first-order valence-electron chi connectivity index (χ1n) is 11.9. The maximum atomic E-state index is 13.2. The summed E-state index contributed by atoms with van der Waals surface area (Å²) in [6.07, 6.45) is 7.11. The van der Waals surface area contributed by atoms with E-state index in [1.54, 1.807) is 6.20 Å². The number of hydrogen-bond donors (Lipinski definition) is 2. The van der Waals surface area contributed by atoms with E-state index in [9.17, 15) is 4.79 Å². The van der Waals surface area contributed by atoms with E-state index >= 15 is 0 Å². The van der Waals surface area contributed by atoms with Gasteiger partial charge in [0.05, 0.1) is 11.2 Å². The second kappa shape index (κ2) is 8.35. The van der Waals surface area contributed by atoms with E-state index < -0.39 is 0 Å². The van der Waals surface area contributed by atoms with Crippen molar-refractivity contribution in [3.63, 3.8) is 0 Å². The van der Waals surface area contributed by atoms with Crippen molar-refractivity contribution >= 4 is 28.5 Å². The number of anilines is 1. The average molecular weight is 461 g/mol.